The Morgan fingerprint density at radius 2 is 0.829 bits per heavy atom. The molecule has 3 N–H and O–H groups in total. The first-order valence-electron chi connectivity index (χ1n) is 16.7. The second-order valence-electron chi connectivity index (χ2n) is 12.6. The van der Waals surface area contributed by atoms with E-state index in [0.29, 0.717) is 43.4 Å². The summed E-state index contributed by atoms with van der Waals surface area (Å²) in [6.07, 6.45) is 24.9. The minimum Gasteiger partial charge on any atom is -0.481 e. The van der Waals surface area contributed by atoms with Gasteiger partial charge in [0, 0.05) is 19.3 Å². The SMILES string of the molecule is CCCCCC/C=C/CCCCCCCCCCC[N+](CCC(C)C(=O)O)(CCC(C)C(=O)O)CCC(C)C(=O)O. The summed E-state index contributed by atoms with van der Waals surface area (Å²) in [5.74, 6) is -3.91. The number of nitrogens with zero attached hydrogens (tertiary/aromatic N) is 1. The van der Waals surface area contributed by atoms with Crippen LogP contribution in [0.1, 0.15) is 143 Å². The summed E-state index contributed by atoms with van der Waals surface area (Å²) in [6, 6.07) is 0. The summed E-state index contributed by atoms with van der Waals surface area (Å²) in [5, 5.41) is 28.3. The zero-order chi connectivity index (χ0) is 30.9. The van der Waals surface area contributed by atoms with Crippen LogP contribution >= 0.6 is 0 Å². The Bertz CT molecular complexity index is 662. The number of carboxylic acid groups (broad SMARTS) is 3. The van der Waals surface area contributed by atoms with Crippen LogP contribution in [0.2, 0.25) is 0 Å². The van der Waals surface area contributed by atoms with Crippen molar-refractivity contribution in [3.05, 3.63) is 12.2 Å². The summed E-state index contributed by atoms with van der Waals surface area (Å²) in [4.78, 5) is 34.5. The number of quaternary nitrogens is 1. The predicted molar refractivity (Wildman–Crippen MR) is 168 cm³/mol. The van der Waals surface area contributed by atoms with Crippen LogP contribution in [0, 0.1) is 17.8 Å². The molecule has 240 valence electrons. The van der Waals surface area contributed by atoms with Gasteiger partial charge in [-0.2, -0.15) is 0 Å². The highest BCUT2D eigenvalue weighted by atomic mass is 16.4. The van der Waals surface area contributed by atoms with Crippen LogP contribution in [-0.4, -0.2) is 63.9 Å². The minimum absolute atomic E-state index is 0.479. The predicted octanol–water partition coefficient (Wildman–Crippen LogP) is 8.56. The molecule has 7 heteroatoms. The molecule has 0 saturated carbocycles. The Hall–Kier alpha value is -1.89. The fraction of sp³-hybridized carbons (Fsp3) is 0.853. The Balaban J connectivity index is 4.58. The molecule has 3 unspecified atom stereocenters. The molecule has 41 heavy (non-hydrogen) atoms. The molecular weight excluding hydrogens is 518 g/mol. The molecule has 0 aromatic carbocycles. The Labute approximate surface area is 251 Å². The zero-order valence-corrected chi connectivity index (χ0v) is 27.0. The van der Waals surface area contributed by atoms with Crippen molar-refractivity contribution < 1.29 is 34.2 Å². The van der Waals surface area contributed by atoms with Crippen molar-refractivity contribution in [3.63, 3.8) is 0 Å². The number of hydrogen-bond donors (Lipinski definition) is 3. The van der Waals surface area contributed by atoms with Gasteiger partial charge in [-0.3, -0.25) is 14.4 Å². The summed E-state index contributed by atoms with van der Waals surface area (Å²) in [7, 11) is 0. The van der Waals surface area contributed by atoms with Crippen LogP contribution in [0.4, 0.5) is 0 Å². The molecule has 0 aliphatic carbocycles. The summed E-state index contributed by atoms with van der Waals surface area (Å²) < 4.78 is 0.611. The second kappa shape index (κ2) is 24.7. The maximum absolute atomic E-state index is 11.5. The molecule has 0 bridgehead atoms. The first-order valence-corrected chi connectivity index (χ1v) is 16.7. The molecule has 0 aromatic heterocycles. The van der Waals surface area contributed by atoms with E-state index in [0.717, 1.165) is 19.4 Å². The van der Waals surface area contributed by atoms with Crippen LogP contribution in [0.3, 0.4) is 0 Å². The first kappa shape index (κ1) is 39.1. The number of carbonyl (C=O) groups is 3. The lowest BCUT2D eigenvalue weighted by molar-refractivity contribution is -0.929. The fourth-order valence-electron chi connectivity index (χ4n) is 5.32. The minimum atomic E-state index is -0.824. The third-order valence-electron chi connectivity index (χ3n) is 8.77. The highest BCUT2D eigenvalue weighted by molar-refractivity contribution is 5.70. The van der Waals surface area contributed by atoms with Crippen molar-refractivity contribution in [2.24, 2.45) is 17.8 Å². The molecule has 0 saturated heterocycles. The van der Waals surface area contributed by atoms with Crippen molar-refractivity contribution in [2.75, 3.05) is 26.2 Å². The highest BCUT2D eigenvalue weighted by Crippen LogP contribution is 2.22. The largest absolute Gasteiger partial charge is 0.481 e. The van der Waals surface area contributed by atoms with Crippen LogP contribution in [0.25, 0.3) is 0 Å². The average molecular weight is 583 g/mol. The highest BCUT2D eigenvalue weighted by Gasteiger charge is 2.31. The van der Waals surface area contributed by atoms with Crippen LogP contribution in [0.5, 0.6) is 0 Å². The Kier molecular flexibility index (Phi) is 23.5. The molecule has 0 amide bonds. The molecule has 0 spiro atoms. The smallest absolute Gasteiger partial charge is 0.306 e. The van der Waals surface area contributed by atoms with Gasteiger partial charge in [0.15, 0.2) is 0 Å². The van der Waals surface area contributed by atoms with E-state index in [4.69, 9.17) is 0 Å². The maximum Gasteiger partial charge on any atom is 0.306 e. The average Bonchev–Trinajstić information content (AvgIpc) is 2.94. The normalized spacial score (nSPS) is 15.4. The van der Waals surface area contributed by atoms with Crippen LogP contribution < -0.4 is 0 Å². The number of hydrogen-bond acceptors (Lipinski definition) is 3. The number of allylic oxidation sites excluding steroid dienone is 2. The Morgan fingerprint density at radius 3 is 1.17 bits per heavy atom. The molecule has 0 fully saturated rings. The molecule has 3 atom stereocenters. The van der Waals surface area contributed by atoms with Crippen molar-refractivity contribution in [3.8, 4) is 0 Å². The summed E-state index contributed by atoms with van der Waals surface area (Å²) in [6.45, 7) is 10.1. The summed E-state index contributed by atoms with van der Waals surface area (Å²) in [5.41, 5.74) is 0. The van der Waals surface area contributed by atoms with Crippen molar-refractivity contribution >= 4 is 17.9 Å². The third-order valence-corrected chi connectivity index (χ3v) is 8.77. The van der Waals surface area contributed by atoms with E-state index in [2.05, 4.69) is 19.1 Å². The molecule has 0 rings (SSSR count). The van der Waals surface area contributed by atoms with E-state index in [1.807, 2.05) is 0 Å². The summed E-state index contributed by atoms with van der Waals surface area (Å²) >= 11 is 0. The van der Waals surface area contributed by atoms with Gasteiger partial charge in [-0.05, 0) is 38.5 Å². The standard InChI is InChI=1S/C34H63NO6/c1-5-6-7-8-9-10-11-12-13-14-15-16-17-18-19-20-21-25-35(26-22-29(2)32(36)37,27-23-30(3)33(38)39)28-24-31(4)34(40)41/h10-11,29-31H,5-9,12-28H2,1-4H3,(H2-,36,37,38,39,40,41)/p+1/b11-10+. The lowest BCUT2D eigenvalue weighted by Crippen LogP contribution is -2.52. The first-order chi connectivity index (χ1) is 19.5. The van der Waals surface area contributed by atoms with Crippen LogP contribution in [0.15, 0.2) is 12.2 Å². The van der Waals surface area contributed by atoms with E-state index in [1.54, 1.807) is 20.8 Å². The van der Waals surface area contributed by atoms with Gasteiger partial charge in [0.05, 0.1) is 43.9 Å². The number of carboxylic acids is 3. The quantitative estimate of drug-likeness (QED) is 0.0463. The second-order valence-corrected chi connectivity index (χ2v) is 12.6. The van der Waals surface area contributed by atoms with Gasteiger partial charge in [-0.15, -0.1) is 0 Å². The van der Waals surface area contributed by atoms with Gasteiger partial charge < -0.3 is 19.8 Å². The molecule has 0 radical (unpaired) electrons. The van der Waals surface area contributed by atoms with Crippen molar-refractivity contribution in [1.82, 2.24) is 0 Å². The zero-order valence-electron chi connectivity index (χ0n) is 27.0. The molecule has 0 aliphatic rings. The lowest BCUT2D eigenvalue weighted by Gasteiger charge is -2.40. The third kappa shape index (κ3) is 21.5. The number of rotatable bonds is 29. The van der Waals surface area contributed by atoms with E-state index in [-0.39, 0.29) is 0 Å². The van der Waals surface area contributed by atoms with Crippen LogP contribution in [-0.2, 0) is 14.4 Å². The molecule has 0 aromatic rings. The van der Waals surface area contributed by atoms with Crippen molar-refractivity contribution in [2.45, 2.75) is 143 Å². The lowest BCUT2D eigenvalue weighted by atomic mass is 10.0. The monoisotopic (exact) mass is 582 g/mol. The topological polar surface area (TPSA) is 112 Å². The van der Waals surface area contributed by atoms with Gasteiger partial charge in [0.1, 0.15) is 0 Å². The molecule has 0 heterocycles. The fourth-order valence-corrected chi connectivity index (χ4v) is 5.32. The van der Waals surface area contributed by atoms with Gasteiger partial charge in [-0.1, -0.05) is 97.6 Å². The number of aliphatic carboxylic acids is 3. The van der Waals surface area contributed by atoms with Gasteiger partial charge in [0.2, 0.25) is 0 Å². The van der Waals surface area contributed by atoms with E-state index < -0.39 is 35.7 Å². The number of unbranched alkanes of at least 4 members (excludes halogenated alkanes) is 13. The molecule has 7 nitrogen and oxygen atoms in total. The van der Waals surface area contributed by atoms with E-state index in [1.165, 1.54) is 83.5 Å². The molecule has 0 aliphatic heterocycles. The Morgan fingerprint density at radius 1 is 0.512 bits per heavy atom. The maximum atomic E-state index is 11.5. The van der Waals surface area contributed by atoms with Gasteiger partial charge >= 0.3 is 17.9 Å². The van der Waals surface area contributed by atoms with Gasteiger partial charge in [0.25, 0.3) is 0 Å². The van der Waals surface area contributed by atoms with E-state index >= 15 is 0 Å². The van der Waals surface area contributed by atoms with E-state index in [9.17, 15) is 29.7 Å². The van der Waals surface area contributed by atoms with Gasteiger partial charge in [-0.25, -0.2) is 0 Å². The van der Waals surface area contributed by atoms with Crippen molar-refractivity contribution in [1.29, 1.82) is 0 Å². The molecular formula is C34H64NO6+.